The Hall–Kier alpha value is -2.03. The lowest BCUT2D eigenvalue weighted by molar-refractivity contribution is 0.351. The number of nitrogens with zero attached hydrogens (tertiary/aromatic N) is 3. The molecule has 17 heavy (non-hydrogen) atoms. The van der Waals surface area contributed by atoms with Crippen molar-refractivity contribution in [1.82, 2.24) is 9.66 Å². The van der Waals surface area contributed by atoms with E-state index in [4.69, 9.17) is 10.7 Å². The number of nitriles is 1. The fraction of sp³-hybridized carbons (Fsp3) is 0.545. The summed E-state index contributed by atoms with van der Waals surface area (Å²) < 4.78 is 1.59. The molecule has 3 N–H and O–H groups in total. The molecule has 1 aromatic rings. The number of nitrogens with one attached hydrogen (secondary N) is 3. The summed E-state index contributed by atoms with van der Waals surface area (Å²) in [7, 11) is 0. The highest BCUT2D eigenvalue weighted by Crippen LogP contribution is 2.34. The van der Waals surface area contributed by atoms with Gasteiger partial charge in [0.2, 0.25) is 5.62 Å². The molecule has 0 radical (unpaired) electrons. The molecule has 0 aromatic carbocycles. The molecule has 0 amide bonds. The van der Waals surface area contributed by atoms with Crippen molar-refractivity contribution in [2.24, 2.45) is 0 Å². The fourth-order valence-corrected chi connectivity index (χ4v) is 2.65. The lowest BCUT2D eigenvalue weighted by Gasteiger charge is -2.33. The van der Waals surface area contributed by atoms with E-state index in [1.165, 1.54) is 12.6 Å². The van der Waals surface area contributed by atoms with E-state index in [0.29, 0.717) is 11.4 Å². The van der Waals surface area contributed by atoms with Crippen molar-refractivity contribution in [3.63, 3.8) is 0 Å². The number of anilines is 1. The summed E-state index contributed by atoms with van der Waals surface area (Å²) in [5, 5.41) is 20.2. The van der Waals surface area contributed by atoms with Crippen LogP contribution in [0.2, 0.25) is 0 Å². The van der Waals surface area contributed by atoms with Crippen LogP contribution in [0.25, 0.3) is 0 Å². The maximum atomic E-state index is 9.05. The highest BCUT2D eigenvalue weighted by molar-refractivity contribution is 5.56. The smallest absolute Gasteiger partial charge is 0.242 e. The monoisotopic (exact) mass is 230 g/mol. The molecule has 0 saturated heterocycles. The minimum atomic E-state index is -0.185. The van der Waals surface area contributed by atoms with Crippen molar-refractivity contribution in [2.45, 2.75) is 37.8 Å². The maximum Gasteiger partial charge on any atom is 0.242 e. The third-order valence-corrected chi connectivity index (χ3v) is 3.52. The Balaban J connectivity index is 2.05. The number of aromatic nitrogens is 2. The first-order valence-corrected chi connectivity index (χ1v) is 5.87. The predicted molar refractivity (Wildman–Crippen MR) is 61.6 cm³/mol. The van der Waals surface area contributed by atoms with Crippen molar-refractivity contribution in [3.05, 3.63) is 17.4 Å². The number of rotatable bonds is 0. The molecule has 0 bridgehead atoms. The van der Waals surface area contributed by atoms with Crippen LogP contribution in [-0.2, 0) is 0 Å². The van der Waals surface area contributed by atoms with E-state index in [-0.39, 0.29) is 11.3 Å². The van der Waals surface area contributed by atoms with Crippen molar-refractivity contribution in [3.8, 4) is 6.07 Å². The molecule has 0 unspecified atom stereocenters. The zero-order chi connectivity index (χ0) is 11.9. The van der Waals surface area contributed by atoms with Crippen molar-refractivity contribution >= 4 is 5.82 Å². The standard InChI is InChI=1S/C11H14N6/c12-6-8-7-14-10(13)17-9(8)15-11(16-17)4-2-1-3-5-11/h7,13,15-16H,1-5H2. The number of hydrogen-bond acceptors (Lipinski definition) is 5. The minimum Gasteiger partial charge on any atom is -0.345 e. The molecule has 6 heteroatoms. The molecule has 1 saturated carbocycles. The lowest BCUT2D eigenvalue weighted by Crippen LogP contribution is -2.46. The Bertz CT molecular complexity index is 546. The van der Waals surface area contributed by atoms with Gasteiger partial charge in [-0.25, -0.2) is 9.66 Å². The van der Waals surface area contributed by atoms with E-state index < -0.39 is 0 Å². The van der Waals surface area contributed by atoms with Crippen LogP contribution >= 0.6 is 0 Å². The quantitative estimate of drug-likeness (QED) is 0.616. The maximum absolute atomic E-state index is 9.05. The van der Waals surface area contributed by atoms with Crippen LogP contribution < -0.4 is 16.4 Å². The highest BCUT2D eigenvalue weighted by Gasteiger charge is 2.38. The summed E-state index contributed by atoms with van der Waals surface area (Å²) in [6.45, 7) is 0. The van der Waals surface area contributed by atoms with E-state index in [1.54, 1.807) is 4.68 Å². The van der Waals surface area contributed by atoms with E-state index in [0.717, 1.165) is 25.7 Å². The molecule has 88 valence electrons. The van der Waals surface area contributed by atoms with Crippen molar-refractivity contribution in [1.29, 1.82) is 10.7 Å². The zero-order valence-electron chi connectivity index (χ0n) is 9.45. The Kier molecular flexibility index (Phi) is 2.08. The van der Waals surface area contributed by atoms with Gasteiger partial charge in [-0.2, -0.15) is 5.26 Å². The largest absolute Gasteiger partial charge is 0.345 e. The van der Waals surface area contributed by atoms with E-state index in [1.807, 2.05) is 0 Å². The van der Waals surface area contributed by atoms with Crippen molar-refractivity contribution in [2.75, 3.05) is 10.7 Å². The predicted octanol–water partition coefficient (Wildman–Crippen LogP) is 0.864. The fourth-order valence-electron chi connectivity index (χ4n) is 2.65. The first-order chi connectivity index (χ1) is 8.24. The second-order valence-corrected chi connectivity index (χ2v) is 4.67. The van der Waals surface area contributed by atoms with Crippen LogP contribution in [0.1, 0.15) is 37.7 Å². The summed E-state index contributed by atoms with van der Waals surface area (Å²) in [6.07, 6.45) is 7.06. The molecule has 1 aliphatic heterocycles. The molecule has 6 nitrogen and oxygen atoms in total. The van der Waals surface area contributed by atoms with Crippen LogP contribution in [0.15, 0.2) is 6.20 Å². The molecule has 2 aliphatic rings. The van der Waals surface area contributed by atoms with Gasteiger partial charge in [0, 0.05) is 0 Å². The third-order valence-electron chi connectivity index (χ3n) is 3.52. The van der Waals surface area contributed by atoms with E-state index in [2.05, 4.69) is 21.8 Å². The summed E-state index contributed by atoms with van der Waals surface area (Å²) in [6, 6.07) is 2.11. The molecule has 3 rings (SSSR count). The van der Waals surface area contributed by atoms with Crippen LogP contribution in [0.5, 0.6) is 0 Å². The summed E-state index contributed by atoms with van der Waals surface area (Å²) in [4.78, 5) is 3.90. The van der Waals surface area contributed by atoms with Gasteiger partial charge in [0.05, 0.1) is 6.20 Å². The van der Waals surface area contributed by atoms with Gasteiger partial charge < -0.3 is 5.32 Å². The zero-order valence-corrected chi connectivity index (χ0v) is 9.45. The molecule has 1 aromatic heterocycles. The number of hydrogen-bond donors (Lipinski definition) is 3. The van der Waals surface area contributed by atoms with Crippen LogP contribution in [0.3, 0.4) is 0 Å². The van der Waals surface area contributed by atoms with Gasteiger partial charge in [-0.1, -0.05) is 6.42 Å². The topological polar surface area (TPSA) is 89.5 Å². The van der Waals surface area contributed by atoms with Gasteiger partial charge in [0.1, 0.15) is 23.1 Å². The van der Waals surface area contributed by atoms with Gasteiger partial charge in [0.15, 0.2) is 0 Å². The average Bonchev–Trinajstić information content (AvgIpc) is 2.71. The van der Waals surface area contributed by atoms with Gasteiger partial charge in [-0.15, -0.1) is 0 Å². The molecule has 1 aliphatic carbocycles. The normalized spacial score (nSPS) is 20.2. The minimum absolute atomic E-state index is 0.133. The van der Waals surface area contributed by atoms with E-state index >= 15 is 0 Å². The summed E-state index contributed by atoms with van der Waals surface area (Å²) in [5.74, 6) is 0.675. The van der Waals surface area contributed by atoms with Crippen LogP contribution in [0, 0.1) is 16.7 Å². The Morgan fingerprint density at radius 1 is 1.41 bits per heavy atom. The Morgan fingerprint density at radius 3 is 2.88 bits per heavy atom. The SMILES string of the molecule is N#Cc1cnc(=N)n2c1NC1(CCCCC1)N2. The molecular weight excluding hydrogens is 216 g/mol. The highest BCUT2D eigenvalue weighted by atomic mass is 15.6. The second kappa shape index (κ2) is 3.48. The van der Waals surface area contributed by atoms with E-state index in [9.17, 15) is 0 Å². The van der Waals surface area contributed by atoms with Gasteiger partial charge in [-0.05, 0) is 25.7 Å². The first kappa shape index (κ1) is 10.1. The average molecular weight is 230 g/mol. The summed E-state index contributed by atoms with van der Waals surface area (Å²) >= 11 is 0. The second-order valence-electron chi connectivity index (χ2n) is 4.67. The van der Waals surface area contributed by atoms with Crippen LogP contribution in [-0.4, -0.2) is 15.3 Å². The molecular formula is C11H14N6. The Labute approximate surface area is 98.8 Å². The first-order valence-electron chi connectivity index (χ1n) is 5.87. The number of fused-ring (bicyclic) bond motifs is 1. The Morgan fingerprint density at radius 2 is 2.18 bits per heavy atom. The van der Waals surface area contributed by atoms with Gasteiger partial charge in [-0.3, -0.25) is 10.8 Å². The molecule has 0 atom stereocenters. The van der Waals surface area contributed by atoms with Gasteiger partial charge in [0.25, 0.3) is 0 Å². The van der Waals surface area contributed by atoms with Gasteiger partial charge >= 0.3 is 0 Å². The lowest BCUT2D eigenvalue weighted by atomic mass is 9.90. The summed E-state index contributed by atoms with van der Waals surface area (Å²) in [5.41, 5.74) is 3.73. The third kappa shape index (κ3) is 1.46. The van der Waals surface area contributed by atoms with Crippen LogP contribution in [0.4, 0.5) is 5.82 Å². The van der Waals surface area contributed by atoms with Crippen molar-refractivity contribution < 1.29 is 0 Å². The molecule has 1 fully saturated rings. The molecule has 2 heterocycles. The molecule has 1 spiro atoms.